The van der Waals surface area contributed by atoms with Gasteiger partial charge in [0.1, 0.15) is 5.75 Å². The van der Waals surface area contributed by atoms with Crippen molar-refractivity contribution in [3.05, 3.63) is 30.1 Å². The number of hydrogen-bond acceptors (Lipinski definition) is 4. The van der Waals surface area contributed by atoms with Gasteiger partial charge in [0.25, 0.3) is 0 Å². The van der Waals surface area contributed by atoms with Crippen molar-refractivity contribution in [3.63, 3.8) is 0 Å². The highest BCUT2D eigenvalue weighted by Crippen LogP contribution is 2.66. The molecule has 2 saturated carbocycles. The Kier molecular flexibility index (Phi) is 11.0. The van der Waals surface area contributed by atoms with Crippen LogP contribution in [0.5, 0.6) is 5.75 Å². The quantitative estimate of drug-likeness (QED) is 0.474. The smallest absolute Gasteiger partial charge is 0.220 e. The van der Waals surface area contributed by atoms with E-state index in [0.29, 0.717) is 23.7 Å². The Morgan fingerprint density at radius 1 is 1.11 bits per heavy atom. The van der Waals surface area contributed by atoms with Gasteiger partial charge in [-0.25, -0.2) is 0 Å². The summed E-state index contributed by atoms with van der Waals surface area (Å²) < 4.78 is 5.88. The molecular formula is C31H53N3O2. The summed E-state index contributed by atoms with van der Waals surface area (Å²) in [5.74, 6) is 4.04. The van der Waals surface area contributed by atoms with Crippen LogP contribution < -0.4 is 15.8 Å². The molecule has 3 N–H and O–H groups in total. The van der Waals surface area contributed by atoms with E-state index in [1.54, 1.807) is 0 Å². The predicted octanol–water partition coefficient (Wildman–Crippen LogP) is 6.87. The summed E-state index contributed by atoms with van der Waals surface area (Å²) in [7, 11) is 1.50. The van der Waals surface area contributed by atoms with Crippen molar-refractivity contribution in [2.45, 2.75) is 93.4 Å². The average molecular weight is 500 g/mol. The van der Waals surface area contributed by atoms with Crippen LogP contribution in [0, 0.1) is 34.5 Å². The van der Waals surface area contributed by atoms with Crippen molar-refractivity contribution < 1.29 is 9.53 Å². The standard InChI is InChI=1S/C27H38N2O2.C2H6.CH5N.CH4/c1-4-13-31-20-14-18(15-28-17-20)22-7-8-23-21-6-5-19-16-29-25(30)10-12-26(19,2)24(21)9-11-27(22,23)3;2*1-2;/h7,14-15,17,19,21,23-24H,4-6,8-13,16H2,1-3H3,(H,29,30);1-2H3;2H2,1H3;1H4. The van der Waals surface area contributed by atoms with Crippen molar-refractivity contribution in [1.82, 2.24) is 10.3 Å². The largest absolute Gasteiger partial charge is 0.492 e. The molecule has 204 valence electrons. The lowest BCUT2D eigenvalue weighted by Gasteiger charge is -2.58. The zero-order chi connectivity index (χ0) is 25.6. The molecule has 0 radical (unpaired) electrons. The molecule has 6 atom stereocenters. The van der Waals surface area contributed by atoms with Gasteiger partial charge in [-0.2, -0.15) is 0 Å². The van der Waals surface area contributed by atoms with E-state index in [2.05, 4.69) is 48.9 Å². The van der Waals surface area contributed by atoms with Gasteiger partial charge in [-0.15, -0.1) is 0 Å². The van der Waals surface area contributed by atoms with Gasteiger partial charge in [0, 0.05) is 19.2 Å². The molecule has 3 fully saturated rings. The van der Waals surface area contributed by atoms with Crippen LogP contribution in [-0.2, 0) is 4.79 Å². The number of hydrogen-bond donors (Lipinski definition) is 2. The van der Waals surface area contributed by atoms with Crippen LogP contribution >= 0.6 is 0 Å². The van der Waals surface area contributed by atoms with Crippen LogP contribution in [0.25, 0.3) is 5.57 Å². The van der Waals surface area contributed by atoms with E-state index >= 15 is 0 Å². The summed E-state index contributed by atoms with van der Waals surface area (Å²) in [6.45, 7) is 12.8. The summed E-state index contributed by atoms with van der Waals surface area (Å²) in [4.78, 5) is 16.6. The summed E-state index contributed by atoms with van der Waals surface area (Å²) in [6.07, 6.45) is 15.5. The number of fused-ring (bicyclic) bond motifs is 5. The van der Waals surface area contributed by atoms with Crippen LogP contribution in [0.2, 0.25) is 0 Å². The van der Waals surface area contributed by atoms with E-state index < -0.39 is 0 Å². The topological polar surface area (TPSA) is 77.2 Å². The Labute approximate surface area is 221 Å². The van der Waals surface area contributed by atoms with Crippen LogP contribution in [0.3, 0.4) is 0 Å². The molecule has 5 rings (SSSR count). The first kappa shape index (κ1) is 30.3. The number of nitrogens with two attached hydrogens (primary N) is 1. The molecule has 36 heavy (non-hydrogen) atoms. The number of ether oxygens (including phenoxy) is 1. The minimum Gasteiger partial charge on any atom is -0.492 e. The summed E-state index contributed by atoms with van der Waals surface area (Å²) in [6, 6.07) is 2.20. The fraction of sp³-hybridized carbons (Fsp3) is 0.742. The van der Waals surface area contributed by atoms with Crippen LogP contribution in [-0.4, -0.2) is 31.1 Å². The van der Waals surface area contributed by atoms with Gasteiger partial charge in [-0.3, -0.25) is 9.78 Å². The molecule has 2 heterocycles. The molecule has 4 aliphatic rings. The zero-order valence-corrected chi connectivity index (χ0v) is 23.0. The van der Waals surface area contributed by atoms with Crippen molar-refractivity contribution in [2.75, 3.05) is 20.2 Å². The van der Waals surface area contributed by atoms with Crippen molar-refractivity contribution in [3.8, 4) is 5.75 Å². The normalized spacial score (nSPS) is 34.3. The van der Waals surface area contributed by atoms with Gasteiger partial charge < -0.3 is 15.8 Å². The van der Waals surface area contributed by atoms with Gasteiger partial charge in [0.2, 0.25) is 5.91 Å². The maximum atomic E-state index is 12.1. The van der Waals surface area contributed by atoms with E-state index in [4.69, 9.17) is 4.74 Å². The van der Waals surface area contributed by atoms with Gasteiger partial charge in [0.15, 0.2) is 0 Å². The Hall–Kier alpha value is -1.88. The minimum atomic E-state index is 0. The highest BCUT2D eigenvalue weighted by molar-refractivity contribution is 5.76. The third-order valence-electron chi connectivity index (χ3n) is 9.58. The van der Waals surface area contributed by atoms with E-state index in [9.17, 15) is 4.79 Å². The number of nitrogens with one attached hydrogen (secondary N) is 1. The number of carbonyl (C=O) groups excluding carboxylic acids is 1. The molecule has 1 saturated heterocycles. The number of nitrogens with zero attached hydrogens (tertiary/aromatic N) is 1. The lowest BCUT2D eigenvalue weighted by Crippen LogP contribution is -2.52. The Morgan fingerprint density at radius 3 is 2.58 bits per heavy atom. The molecule has 6 unspecified atom stereocenters. The number of allylic oxidation sites excluding steroid dienone is 2. The van der Waals surface area contributed by atoms with Gasteiger partial charge in [-0.05, 0) is 104 Å². The second-order valence-electron chi connectivity index (χ2n) is 11.0. The van der Waals surface area contributed by atoms with E-state index in [0.717, 1.165) is 43.6 Å². The monoisotopic (exact) mass is 499 g/mol. The summed E-state index contributed by atoms with van der Waals surface area (Å²) >= 11 is 0. The number of pyridine rings is 1. The number of carbonyl (C=O) groups is 1. The predicted molar refractivity (Wildman–Crippen MR) is 152 cm³/mol. The minimum absolute atomic E-state index is 0. The SMILES string of the molecule is C.CC.CCCOc1cncc(C2=CCC3C4CCC5CNC(=O)CCC5(C)C4CCC23C)c1.CN. The molecule has 1 amide bonds. The van der Waals surface area contributed by atoms with Crippen LogP contribution in [0.15, 0.2) is 24.5 Å². The molecule has 1 aliphatic heterocycles. The third-order valence-corrected chi connectivity index (χ3v) is 9.58. The summed E-state index contributed by atoms with van der Waals surface area (Å²) in [5, 5.41) is 3.20. The van der Waals surface area contributed by atoms with Crippen molar-refractivity contribution >= 4 is 11.5 Å². The highest BCUT2D eigenvalue weighted by Gasteiger charge is 2.58. The first-order valence-corrected chi connectivity index (χ1v) is 14.1. The van der Waals surface area contributed by atoms with Gasteiger partial charge in [-0.1, -0.05) is 48.1 Å². The summed E-state index contributed by atoms with van der Waals surface area (Å²) in [5.41, 5.74) is 7.78. The molecule has 1 aromatic rings. The third kappa shape index (κ3) is 5.51. The highest BCUT2D eigenvalue weighted by atomic mass is 16.5. The fourth-order valence-corrected chi connectivity index (χ4v) is 7.85. The van der Waals surface area contributed by atoms with Crippen LogP contribution in [0.1, 0.15) is 99.0 Å². The second kappa shape index (κ2) is 13.1. The molecular weight excluding hydrogens is 446 g/mol. The zero-order valence-electron chi connectivity index (χ0n) is 23.0. The molecule has 3 aliphatic carbocycles. The number of amides is 1. The van der Waals surface area contributed by atoms with E-state index in [1.165, 1.54) is 50.3 Å². The first-order valence-electron chi connectivity index (χ1n) is 14.1. The lowest BCUT2D eigenvalue weighted by molar-refractivity contribution is -0.121. The lowest BCUT2D eigenvalue weighted by atomic mass is 9.46. The first-order chi connectivity index (χ1) is 17.0. The molecule has 5 heteroatoms. The number of rotatable bonds is 4. The Balaban J connectivity index is 0.000000871. The van der Waals surface area contributed by atoms with Crippen LogP contribution in [0.4, 0.5) is 0 Å². The molecule has 0 aromatic carbocycles. The van der Waals surface area contributed by atoms with Gasteiger partial charge >= 0.3 is 0 Å². The molecule has 1 aromatic heterocycles. The number of aromatic nitrogens is 1. The molecule has 5 nitrogen and oxygen atoms in total. The van der Waals surface area contributed by atoms with E-state index in [-0.39, 0.29) is 18.7 Å². The van der Waals surface area contributed by atoms with Gasteiger partial charge in [0.05, 0.1) is 12.8 Å². The Bertz CT molecular complexity index is 884. The maximum absolute atomic E-state index is 12.1. The molecule has 0 bridgehead atoms. The van der Waals surface area contributed by atoms with E-state index in [1.807, 2.05) is 26.2 Å². The van der Waals surface area contributed by atoms with Crippen molar-refractivity contribution in [2.24, 2.45) is 40.2 Å². The second-order valence-corrected chi connectivity index (χ2v) is 11.0. The fourth-order valence-electron chi connectivity index (χ4n) is 7.85. The molecule has 0 spiro atoms. The Morgan fingerprint density at radius 2 is 1.86 bits per heavy atom. The maximum Gasteiger partial charge on any atom is 0.220 e. The van der Waals surface area contributed by atoms with Crippen molar-refractivity contribution in [1.29, 1.82) is 0 Å². The average Bonchev–Trinajstić information content (AvgIpc) is 3.17.